The van der Waals surface area contributed by atoms with E-state index < -0.39 is 0 Å². The third-order valence-corrected chi connectivity index (χ3v) is 7.87. The summed E-state index contributed by atoms with van der Waals surface area (Å²) in [7, 11) is 0. The van der Waals surface area contributed by atoms with Gasteiger partial charge in [0.25, 0.3) is 0 Å². The molecule has 148 valence electrons. The van der Waals surface area contributed by atoms with Crippen molar-refractivity contribution in [2.24, 2.45) is 41.4 Å². The summed E-state index contributed by atoms with van der Waals surface area (Å²) in [5, 5.41) is 0. The van der Waals surface area contributed by atoms with Crippen molar-refractivity contribution in [2.75, 3.05) is 6.61 Å². The number of ether oxygens (including phenoxy) is 1. The van der Waals surface area contributed by atoms with E-state index in [0.29, 0.717) is 0 Å². The summed E-state index contributed by atoms with van der Waals surface area (Å²) in [4.78, 5) is 0. The molecule has 0 radical (unpaired) electrons. The van der Waals surface area contributed by atoms with Crippen molar-refractivity contribution < 1.29 is 4.74 Å². The van der Waals surface area contributed by atoms with Gasteiger partial charge >= 0.3 is 0 Å². The second-order valence-electron chi connectivity index (χ2n) is 10.6. The van der Waals surface area contributed by atoms with Crippen molar-refractivity contribution in [1.82, 2.24) is 0 Å². The number of hydrogen-bond donors (Lipinski definition) is 0. The number of hydrogen-bond acceptors (Lipinski definition) is 1. The molecule has 0 saturated heterocycles. The van der Waals surface area contributed by atoms with E-state index in [1.807, 2.05) is 0 Å². The smallest absolute Gasteiger partial charge is 0.0598 e. The Morgan fingerprint density at radius 2 is 1.36 bits per heavy atom. The van der Waals surface area contributed by atoms with Crippen LogP contribution in [0.15, 0.2) is 0 Å². The second-order valence-corrected chi connectivity index (χ2v) is 10.6. The molecule has 25 heavy (non-hydrogen) atoms. The Hall–Kier alpha value is -0.0400. The summed E-state index contributed by atoms with van der Waals surface area (Å²) < 4.78 is 5.82. The molecule has 0 bridgehead atoms. The van der Waals surface area contributed by atoms with Gasteiger partial charge in [0.05, 0.1) is 5.60 Å². The quantitative estimate of drug-likeness (QED) is 0.416. The van der Waals surface area contributed by atoms with Gasteiger partial charge in [-0.1, -0.05) is 59.8 Å². The number of unbranched alkanes of at least 4 members (excludes halogenated alkanes) is 3. The minimum atomic E-state index is 0.0301. The van der Waals surface area contributed by atoms with Crippen LogP contribution in [0, 0.1) is 41.4 Å². The van der Waals surface area contributed by atoms with Crippen LogP contribution in [0.5, 0.6) is 0 Å². The SMILES string of the molecule is CC1C(C)C(C)C(C2CCC(CCCCCCOC(C)(C)C)C2)C1C. The van der Waals surface area contributed by atoms with E-state index >= 15 is 0 Å². The zero-order valence-electron chi connectivity index (χ0n) is 18.3. The highest BCUT2D eigenvalue weighted by Gasteiger charge is 2.46. The lowest BCUT2D eigenvalue weighted by atomic mass is 9.77. The molecule has 2 aliphatic carbocycles. The fourth-order valence-electron chi connectivity index (χ4n) is 5.99. The van der Waals surface area contributed by atoms with Crippen LogP contribution in [0.25, 0.3) is 0 Å². The van der Waals surface area contributed by atoms with Crippen LogP contribution in [0.2, 0.25) is 0 Å². The molecule has 6 unspecified atom stereocenters. The van der Waals surface area contributed by atoms with Gasteiger partial charge in [0.2, 0.25) is 0 Å². The van der Waals surface area contributed by atoms with Gasteiger partial charge < -0.3 is 4.74 Å². The van der Waals surface area contributed by atoms with Gasteiger partial charge in [-0.25, -0.2) is 0 Å². The van der Waals surface area contributed by atoms with Crippen LogP contribution in [-0.2, 0) is 4.74 Å². The highest BCUT2D eigenvalue weighted by molar-refractivity contribution is 4.95. The summed E-state index contributed by atoms with van der Waals surface area (Å²) in [5.41, 5.74) is 0.0301. The third-order valence-electron chi connectivity index (χ3n) is 7.87. The van der Waals surface area contributed by atoms with Crippen LogP contribution in [0.3, 0.4) is 0 Å². The second kappa shape index (κ2) is 9.25. The third kappa shape index (κ3) is 5.98. The first-order valence-corrected chi connectivity index (χ1v) is 11.3. The summed E-state index contributed by atoms with van der Waals surface area (Å²) in [6.45, 7) is 17.5. The Balaban J connectivity index is 1.60. The van der Waals surface area contributed by atoms with Crippen molar-refractivity contribution in [3.05, 3.63) is 0 Å². The van der Waals surface area contributed by atoms with Crippen molar-refractivity contribution in [2.45, 2.75) is 105 Å². The maximum absolute atomic E-state index is 5.82. The molecule has 1 nitrogen and oxygen atoms in total. The summed E-state index contributed by atoms with van der Waals surface area (Å²) in [5.74, 6) is 6.80. The van der Waals surface area contributed by atoms with E-state index in [1.54, 1.807) is 0 Å². The molecule has 0 amide bonds. The minimum absolute atomic E-state index is 0.0301. The van der Waals surface area contributed by atoms with Gasteiger partial charge in [0.1, 0.15) is 0 Å². The van der Waals surface area contributed by atoms with Crippen LogP contribution in [0.1, 0.15) is 99.8 Å². The lowest BCUT2D eigenvalue weighted by Crippen LogP contribution is -2.21. The van der Waals surface area contributed by atoms with Gasteiger partial charge in [-0.05, 0) is 81.5 Å². The number of rotatable bonds is 8. The molecule has 0 aliphatic heterocycles. The minimum Gasteiger partial charge on any atom is -0.376 e. The molecule has 0 aromatic rings. The fraction of sp³-hybridized carbons (Fsp3) is 1.00. The van der Waals surface area contributed by atoms with Gasteiger partial charge in [-0.2, -0.15) is 0 Å². The molecule has 2 saturated carbocycles. The molecule has 1 heteroatoms. The Bertz CT molecular complexity index is 368. The summed E-state index contributed by atoms with van der Waals surface area (Å²) in [6.07, 6.45) is 11.5. The zero-order chi connectivity index (χ0) is 18.6. The first kappa shape index (κ1) is 21.3. The predicted molar refractivity (Wildman–Crippen MR) is 110 cm³/mol. The lowest BCUT2D eigenvalue weighted by molar-refractivity contribution is -0.00476. The highest BCUT2D eigenvalue weighted by Crippen LogP contribution is 2.53. The standard InChI is InChI=1S/C24H46O/c1-17-18(2)20(4)23(19(17)3)22-14-13-21(16-22)12-10-8-9-11-15-25-24(5,6)7/h17-23H,8-16H2,1-7H3. The van der Waals surface area contributed by atoms with E-state index in [-0.39, 0.29) is 5.60 Å². The Morgan fingerprint density at radius 3 is 1.96 bits per heavy atom. The predicted octanol–water partition coefficient (Wildman–Crippen LogP) is 7.34. The van der Waals surface area contributed by atoms with E-state index in [2.05, 4.69) is 48.5 Å². The monoisotopic (exact) mass is 350 g/mol. The van der Waals surface area contributed by atoms with E-state index in [9.17, 15) is 0 Å². The van der Waals surface area contributed by atoms with Gasteiger partial charge in [-0.15, -0.1) is 0 Å². The van der Waals surface area contributed by atoms with Crippen molar-refractivity contribution in [1.29, 1.82) is 0 Å². The Morgan fingerprint density at radius 1 is 0.760 bits per heavy atom. The molecule has 0 aromatic heterocycles. The van der Waals surface area contributed by atoms with Gasteiger partial charge in [0.15, 0.2) is 0 Å². The van der Waals surface area contributed by atoms with Crippen molar-refractivity contribution in [3.8, 4) is 0 Å². The molecular formula is C24H46O. The first-order chi connectivity index (χ1) is 11.7. The molecule has 2 rings (SSSR count). The summed E-state index contributed by atoms with van der Waals surface area (Å²) in [6, 6.07) is 0. The maximum Gasteiger partial charge on any atom is 0.0598 e. The van der Waals surface area contributed by atoms with Gasteiger partial charge in [0, 0.05) is 6.61 Å². The molecule has 2 aliphatic rings. The topological polar surface area (TPSA) is 9.23 Å². The Labute approximate surface area is 158 Å². The maximum atomic E-state index is 5.82. The van der Waals surface area contributed by atoms with Gasteiger partial charge in [-0.3, -0.25) is 0 Å². The molecule has 2 fully saturated rings. The van der Waals surface area contributed by atoms with E-state index in [1.165, 1.54) is 51.4 Å². The molecule has 0 heterocycles. The molecule has 6 atom stereocenters. The van der Waals surface area contributed by atoms with Crippen LogP contribution in [-0.4, -0.2) is 12.2 Å². The average molecular weight is 351 g/mol. The lowest BCUT2D eigenvalue weighted by Gasteiger charge is -2.28. The Kier molecular flexibility index (Phi) is 7.86. The molecular weight excluding hydrogens is 304 g/mol. The van der Waals surface area contributed by atoms with Crippen molar-refractivity contribution >= 4 is 0 Å². The largest absolute Gasteiger partial charge is 0.376 e. The highest BCUT2D eigenvalue weighted by atomic mass is 16.5. The fourth-order valence-corrected chi connectivity index (χ4v) is 5.99. The first-order valence-electron chi connectivity index (χ1n) is 11.3. The summed E-state index contributed by atoms with van der Waals surface area (Å²) >= 11 is 0. The molecule has 0 spiro atoms. The van der Waals surface area contributed by atoms with Crippen LogP contribution in [0.4, 0.5) is 0 Å². The molecule has 0 aromatic carbocycles. The van der Waals surface area contributed by atoms with Crippen LogP contribution < -0.4 is 0 Å². The average Bonchev–Trinajstić information content (AvgIpc) is 3.06. The van der Waals surface area contributed by atoms with Crippen LogP contribution >= 0.6 is 0 Å². The van der Waals surface area contributed by atoms with E-state index in [4.69, 9.17) is 4.74 Å². The zero-order valence-corrected chi connectivity index (χ0v) is 18.3. The normalized spacial score (nSPS) is 39.2. The van der Waals surface area contributed by atoms with E-state index in [0.717, 1.165) is 48.0 Å². The molecule has 0 N–H and O–H groups in total. The van der Waals surface area contributed by atoms with Crippen molar-refractivity contribution in [3.63, 3.8) is 0 Å².